The number of fused-ring (bicyclic) bond motifs is 1. The Labute approximate surface area is 218 Å². The van der Waals surface area contributed by atoms with Gasteiger partial charge in [0, 0.05) is 23.3 Å². The molecule has 9 heteroatoms. The van der Waals surface area contributed by atoms with E-state index < -0.39 is 0 Å². The summed E-state index contributed by atoms with van der Waals surface area (Å²) in [6.45, 7) is 6.46. The monoisotopic (exact) mass is 518 g/mol. The van der Waals surface area contributed by atoms with Crippen LogP contribution in [-0.4, -0.2) is 30.5 Å². The number of rotatable bonds is 6. The van der Waals surface area contributed by atoms with Crippen molar-refractivity contribution in [1.29, 1.82) is 0 Å². The lowest BCUT2D eigenvalue weighted by molar-refractivity contribution is -0.116. The van der Waals surface area contributed by atoms with E-state index in [2.05, 4.69) is 45.6 Å². The van der Waals surface area contributed by atoms with E-state index in [-0.39, 0.29) is 12.5 Å². The van der Waals surface area contributed by atoms with Gasteiger partial charge in [0.2, 0.25) is 5.91 Å². The minimum absolute atomic E-state index is 0.0211. The van der Waals surface area contributed by atoms with Gasteiger partial charge in [-0.3, -0.25) is 9.48 Å². The van der Waals surface area contributed by atoms with Crippen molar-refractivity contribution < 1.29 is 4.79 Å². The van der Waals surface area contributed by atoms with Crippen LogP contribution in [0.5, 0.6) is 0 Å². The molecule has 7 nitrogen and oxygen atoms in total. The zero-order valence-corrected chi connectivity index (χ0v) is 21.6. The number of nitrogens with zero attached hydrogens (tertiary/aromatic N) is 5. The van der Waals surface area contributed by atoms with Crippen LogP contribution in [0.15, 0.2) is 60.8 Å². The largest absolute Gasteiger partial charge is 0.308 e. The van der Waals surface area contributed by atoms with E-state index in [0.717, 1.165) is 33.5 Å². The van der Waals surface area contributed by atoms with Crippen molar-refractivity contribution in [3.05, 3.63) is 93.4 Å². The van der Waals surface area contributed by atoms with Crippen LogP contribution in [0.4, 0.5) is 5.82 Å². The summed E-state index contributed by atoms with van der Waals surface area (Å²) in [5, 5.41) is 14.0. The number of pyridine rings is 1. The molecule has 0 saturated carbocycles. The lowest BCUT2D eigenvalue weighted by Gasteiger charge is -2.07. The normalized spacial score (nSPS) is 11.2. The highest BCUT2D eigenvalue weighted by atomic mass is 35.5. The third-order valence-electron chi connectivity index (χ3n) is 6.00. The summed E-state index contributed by atoms with van der Waals surface area (Å²) in [6.07, 6.45) is 1.75. The maximum absolute atomic E-state index is 12.9. The minimum Gasteiger partial charge on any atom is -0.308 e. The molecule has 5 aromatic rings. The molecule has 0 aliphatic rings. The van der Waals surface area contributed by atoms with Gasteiger partial charge in [-0.1, -0.05) is 59.1 Å². The van der Waals surface area contributed by atoms with Crippen molar-refractivity contribution in [1.82, 2.24) is 24.5 Å². The van der Waals surface area contributed by atoms with Gasteiger partial charge in [-0.15, -0.1) is 0 Å². The van der Waals surface area contributed by atoms with Crippen molar-refractivity contribution in [2.75, 3.05) is 5.32 Å². The number of anilines is 1. The quantitative estimate of drug-likeness (QED) is 0.289. The summed E-state index contributed by atoms with van der Waals surface area (Å²) >= 11 is 12.1. The van der Waals surface area contributed by atoms with E-state index >= 15 is 0 Å². The first-order valence-electron chi connectivity index (χ1n) is 11.5. The fraction of sp³-hybridized carbons (Fsp3) is 0.185. The van der Waals surface area contributed by atoms with E-state index in [4.69, 9.17) is 23.2 Å². The van der Waals surface area contributed by atoms with Crippen molar-refractivity contribution in [2.24, 2.45) is 0 Å². The summed E-state index contributed by atoms with van der Waals surface area (Å²) < 4.78 is 3.44. The molecule has 0 aliphatic heterocycles. The predicted molar refractivity (Wildman–Crippen MR) is 144 cm³/mol. The molecule has 182 valence electrons. The highest BCUT2D eigenvalue weighted by molar-refractivity contribution is 6.42. The molecule has 3 aromatic heterocycles. The maximum Gasteiger partial charge on any atom is 0.247 e. The SMILES string of the molecule is Cc1cccc(-c2ccnc3c2c(C)nn3CC(=O)Nc2cc(C)n(Cc3ccc(Cl)c(Cl)c3)n2)c1. The molecule has 0 saturated heterocycles. The van der Waals surface area contributed by atoms with E-state index in [1.165, 1.54) is 5.56 Å². The van der Waals surface area contributed by atoms with Crippen molar-refractivity contribution >= 4 is 46.0 Å². The fourth-order valence-electron chi connectivity index (χ4n) is 4.31. The Hall–Kier alpha value is -3.68. The van der Waals surface area contributed by atoms with Crippen LogP contribution < -0.4 is 5.32 Å². The summed E-state index contributed by atoms with van der Waals surface area (Å²) in [5.74, 6) is 0.237. The number of carbonyl (C=O) groups is 1. The van der Waals surface area contributed by atoms with Crippen molar-refractivity contribution in [2.45, 2.75) is 33.9 Å². The van der Waals surface area contributed by atoms with Gasteiger partial charge in [0.1, 0.15) is 6.54 Å². The van der Waals surface area contributed by atoms with Gasteiger partial charge >= 0.3 is 0 Å². The van der Waals surface area contributed by atoms with Crippen molar-refractivity contribution in [3.8, 4) is 11.1 Å². The topological polar surface area (TPSA) is 77.6 Å². The van der Waals surface area contributed by atoms with Gasteiger partial charge in [-0.2, -0.15) is 10.2 Å². The second-order valence-corrected chi connectivity index (χ2v) is 9.61. The van der Waals surface area contributed by atoms with Gasteiger partial charge in [0.05, 0.1) is 22.3 Å². The Morgan fingerprint density at radius 3 is 2.56 bits per heavy atom. The first kappa shape index (κ1) is 24.0. The van der Waals surface area contributed by atoms with Gasteiger partial charge < -0.3 is 5.32 Å². The number of carbonyl (C=O) groups excluding carboxylic acids is 1. The van der Waals surface area contributed by atoms with Crippen LogP contribution in [0, 0.1) is 20.8 Å². The Morgan fingerprint density at radius 2 is 1.78 bits per heavy atom. The van der Waals surface area contributed by atoms with Crippen LogP contribution in [0.2, 0.25) is 10.0 Å². The third-order valence-corrected chi connectivity index (χ3v) is 6.73. The number of hydrogen-bond donors (Lipinski definition) is 1. The number of hydrogen-bond acceptors (Lipinski definition) is 4. The van der Waals surface area contributed by atoms with E-state index in [9.17, 15) is 4.79 Å². The standard InChI is InChI=1S/C27H24Cl2N6O/c1-16-5-4-6-20(11-16)21-9-10-30-27-26(21)18(3)32-35(27)15-25(36)31-24-12-17(2)34(33-24)14-19-7-8-22(28)23(29)13-19/h4-13H,14-15H2,1-3H3,(H,31,33,36). The average molecular weight is 519 g/mol. The molecule has 1 N–H and O–H groups in total. The molecule has 0 unspecified atom stereocenters. The Bertz CT molecular complexity index is 1600. The molecule has 5 rings (SSSR count). The molecule has 0 aliphatic carbocycles. The molecule has 0 spiro atoms. The van der Waals surface area contributed by atoms with Crippen LogP contribution in [-0.2, 0) is 17.9 Å². The summed E-state index contributed by atoms with van der Waals surface area (Å²) in [5.41, 5.74) is 6.67. The second kappa shape index (κ2) is 9.76. The van der Waals surface area contributed by atoms with Crippen LogP contribution in [0.3, 0.4) is 0 Å². The molecule has 0 atom stereocenters. The van der Waals surface area contributed by atoms with E-state index in [1.807, 2.05) is 44.2 Å². The predicted octanol–water partition coefficient (Wildman–Crippen LogP) is 6.21. The summed E-state index contributed by atoms with van der Waals surface area (Å²) in [6, 6.07) is 17.6. The molecule has 0 bridgehead atoms. The second-order valence-electron chi connectivity index (χ2n) is 8.79. The Morgan fingerprint density at radius 1 is 0.944 bits per heavy atom. The summed E-state index contributed by atoms with van der Waals surface area (Å²) in [7, 11) is 0. The summed E-state index contributed by atoms with van der Waals surface area (Å²) in [4.78, 5) is 17.4. The van der Waals surface area contributed by atoms with Crippen LogP contribution in [0.1, 0.15) is 22.5 Å². The highest BCUT2D eigenvalue weighted by Crippen LogP contribution is 2.30. The lowest BCUT2D eigenvalue weighted by atomic mass is 10.0. The number of aryl methyl sites for hydroxylation is 3. The molecular weight excluding hydrogens is 495 g/mol. The molecular formula is C27H24Cl2N6O. The highest BCUT2D eigenvalue weighted by Gasteiger charge is 2.17. The zero-order chi connectivity index (χ0) is 25.4. The number of halogens is 2. The molecule has 36 heavy (non-hydrogen) atoms. The smallest absolute Gasteiger partial charge is 0.247 e. The number of amides is 1. The minimum atomic E-state index is -0.235. The van der Waals surface area contributed by atoms with Gasteiger partial charge in [0.25, 0.3) is 0 Å². The molecule has 0 radical (unpaired) electrons. The first-order valence-corrected chi connectivity index (χ1v) is 12.2. The Balaban J connectivity index is 1.35. The van der Waals surface area contributed by atoms with Crippen LogP contribution in [0.25, 0.3) is 22.2 Å². The zero-order valence-electron chi connectivity index (χ0n) is 20.1. The Kier molecular flexibility index (Phi) is 6.51. The molecule has 0 fully saturated rings. The average Bonchev–Trinajstić information content (AvgIpc) is 3.34. The van der Waals surface area contributed by atoms with Crippen LogP contribution >= 0.6 is 23.2 Å². The number of nitrogens with one attached hydrogen (secondary N) is 1. The van der Waals surface area contributed by atoms with Gasteiger partial charge in [0.15, 0.2) is 11.5 Å². The first-order chi connectivity index (χ1) is 17.3. The van der Waals surface area contributed by atoms with Crippen molar-refractivity contribution in [3.63, 3.8) is 0 Å². The molecule has 3 heterocycles. The molecule has 1 amide bonds. The van der Waals surface area contributed by atoms with Gasteiger partial charge in [-0.05, 0) is 55.7 Å². The van der Waals surface area contributed by atoms with Gasteiger partial charge in [-0.25, -0.2) is 9.67 Å². The molecule has 2 aromatic carbocycles. The van der Waals surface area contributed by atoms with E-state index in [0.29, 0.717) is 28.1 Å². The third kappa shape index (κ3) is 4.85. The number of benzene rings is 2. The lowest BCUT2D eigenvalue weighted by Crippen LogP contribution is -2.20. The van der Waals surface area contributed by atoms with E-state index in [1.54, 1.807) is 21.6 Å². The number of aromatic nitrogens is 5. The fourth-order valence-corrected chi connectivity index (χ4v) is 4.63. The maximum atomic E-state index is 12.9.